The van der Waals surface area contributed by atoms with Crippen molar-refractivity contribution in [3.63, 3.8) is 0 Å². The third-order valence-electron chi connectivity index (χ3n) is 2.99. The highest BCUT2D eigenvalue weighted by Gasteiger charge is 2.13. The molecule has 0 saturated heterocycles. The van der Waals surface area contributed by atoms with Crippen LogP contribution in [0.3, 0.4) is 0 Å². The molecule has 0 bridgehead atoms. The minimum Gasteiger partial charge on any atom is -0.321 e. The highest BCUT2D eigenvalue weighted by molar-refractivity contribution is 6.45. The first-order valence-electron chi connectivity index (χ1n) is 6.46. The Morgan fingerprint density at radius 1 is 1.23 bits per heavy atom. The van der Waals surface area contributed by atoms with E-state index in [4.69, 9.17) is 11.6 Å². The maximum Gasteiger partial charge on any atom is 0.271 e. The molecule has 0 saturated carbocycles. The van der Waals surface area contributed by atoms with Crippen molar-refractivity contribution in [2.75, 3.05) is 5.32 Å². The second kappa shape index (κ2) is 6.87. The topological polar surface area (TPSA) is 72.2 Å². The molecule has 22 heavy (non-hydrogen) atoms. The number of nitro groups is 1. The van der Waals surface area contributed by atoms with Crippen molar-refractivity contribution in [2.45, 2.75) is 6.92 Å². The normalized spacial score (nSPS) is 11.1. The monoisotopic (exact) mass is 316 g/mol. The van der Waals surface area contributed by atoms with Gasteiger partial charge >= 0.3 is 0 Å². The summed E-state index contributed by atoms with van der Waals surface area (Å²) in [4.78, 5) is 22.3. The molecule has 1 N–H and O–H groups in total. The molecule has 0 spiro atoms. The number of benzene rings is 2. The van der Waals surface area contributed by atoms with Crippen LogP contribution in [-0.2, 0) is 4.79 Å². The number of carbonyl (C=O) groups is 1. The van der Waals surface area contributed by atoms with Crippen LogP contribution in [0.4, 0.5) is 11.4 Å². The van der Waals surface area contributed by atoms with Crippen LogP contribution in [0.5, 0.6) is 0 Å². The fourth-order valence-corrected chi connectivity index (χ4v) is 1.97. The fraction of sp³-hybridized carbons (Fsp3) is 0.0625. The zero-order valence-electron chi connectivity index (χ0n) is 11.7. The molecule has 2 rings (SSSR count). The minimum atomic E-state index is -0.519. The molecule has 0 atom stereocenters. The van der Waals surface area contributed by atoms with Gasteiger partial charge in [-0.2, -0.15) is 0 Å². The number of nitrogens with one attached hydrogen (secondary N) is 1. The molecule has 0 aliphatic heterocycles. The van der Waals surface area contributed by atoms with Crippen molar-refractivity contribution in [3.8, 4) is 0 Å². The molecule has 112 valence electrons. The first-order chi connectivity index (χ1) is 10.5. The highest BCUT2D eigenvalue weighted by atomic mass is 35.5. The Labute approximate surface area is 132 Å². The van der Waals surface area contributed by atoms with Gasteiger partial charge in [0.25, 0.3) is 11.6 Å². The predicted octanol–water partition coefficient (Wildman–Crippen LogP) is 4.12. The van der Waals surface area contributed by atoms with Crippen molar-refractivity contribution in [3.05, 3.63) is 74.8 Å². The Hall–Kier alpha value is -2.66. The molecule has 0 aromatic heterocycles. The number of hydrogen-bond acceptors (Lipinski definition) is 3. The SMILES string of the molecule is Cc1ccc([N+](=O)[O-])cc1NC(=O)/C(Cl)=C/c1ccccc1. The number of rotatable bonds is 4. The molecule has 0 aliphatic carbocycles. The summed E-state index contributed by atoms with van der Waals surface area (Å²) < 4.78 is 0. The van der Waals surface area contributed by atoms with Gasteiger partial charge in [0.2, 0.25) is 0 Å². The highest BCUT2D eigenvalue weighted by Crippen LogP contribution is 2.23. The first kappa shape index (κ1) is 15.7. The van der Waals surface area contributed by atoms with E-state index in [1.54, 1.807) is 13.0 Å². The number of anilines is 1. The van der Waals surface area contributed by atoms with Gasteiger partial charge in [-0.15, -0.1) is 0 Å². The van der Waals surface area contributed by atoms with Gasteiger partial charge in [0.05, 0.1) is 10.6 Å². The van der Waals surface area contributed by atoms with Crippen molar-refractivity contribution < 1.29 is 9.72 Å². The lowest BCUT2D eigenvalue weighted by Gasteiger charge is -2.07. The summed E-state index contributed by atoms with van der Waals surface area (Å²) in [5, 5.41) is 13.4. The minimum absolute atomic E-state index is 0.00268. The standard InChI is InChI=1S/C16H13ClN2O3/c1-11-7-8-13(19(21)22)10-15(11)18-16(20)14(17)9-12-5-3-2-4-6-12/h2-10H,1H3,(H,18,20)/b14-9-. The summed E-state index contributed by atoms with van der Waals surface area (Å²) in [5.74, 6) is -0.519. The maximum absolute atomic E-state index is 12.1. The molecule has 0 unspecified atom stereocenters. The molecule has 1 amide bonds. The number of aryl methyl sites for hydroxylation is 1. The lowest BCUT2D eigenvalue weighted by molar-refractivity contribution is -0.384. The third-order valence-corrected chi connectivity index (χ3v) is 3.27. The first-order valence-corrected chi connectivity index (χ1v) is 6.84. The Morgan fingerprint density at radius 3 is 2.55 bits per heavy atom. The van der Waals surface area contributed by atoms with Crippen LogP contribution in [0.1, 0.15) is 11.1 Å². The van der Waals surface area contributed by atoms with Crippen molar-refractivity contribution in [2.24, 2.45) is 0 Å². The fourth-order valence-electron chi connectivity index (χ4n) is 1.80. The van der Waals surface area contributed by atoms with Gasteiger partial charge in [-0.3, -0.25) is 14.9 Å². The molecule has 2 aromatic carbocycles. The van der Waals surface area contributed by atoms with Crippen LogP contribution < -0.4 is 5.32 Å². The lowest BCUT2D eigenvalue weighted by atomic mass is 10.1. The Bertz CT molecular complexity index is 742. The summed E-state index contributed by atoms with van der Waals surface area (Å²) in [6.45, 7) is 1.74. The van der Waals surface area contributed by atoms with Crippen LogP contribution in [0.15, 0.2) is 53.6 Å². The van der Waals surface area contributed by atoms with Crippen LogP contribution >= 0.6 is 11.6 Å². The van der Waals surface area contributed by atoms with Crippen LogP contribution in [0.25, 0.3) is 6.08 Å². The molecular weight excluding hydrogens is 304 g/mol. The van der Waals surface area contributed by atoms with E-state index in [1.807, 2.05) is 30.3 Å². The van der Waals surface area contributed by atoms with Crippen LogP contribution in [0, 0.1) is 17.0 Å². The number of non-ortho nitro benzene ring substituents is 1. The van der Waals surface area contributed by atoms with Gasteiger partial charge in [0.1, 0.15) is 5.03 Å². The third kappa shape index (κ3) is 3.93. The van der Waals surface area contributed by atoms with Gasteiger partial charge in [0, 0.05) is 12.1 Å². The summed E-state index contributed by atoms with van der Waals surface area (Å²) in [7, 11) is 0. The summed E-state index contributed by atoms with van der Waals surface area (Å²) in [6.07, 6.45) is 1.53. The largest absolute Gasteiger partial charge is 0.321 e. The molecule has 5 nitrogen and oxygen atoms in total. The summed E-state index contributed by atoms with van der Waals surface area (Å²) in [6, 6.07) is 13.4. The molecule has 0 fully saturated rings. The van der Waals surface area contributed by atoms with Crippen molar-refractivity contribution >= 4 is 35.0 Å². The molecule has 0 radical (unpaired) electrons. The van der Waals surface area contributed by atoms with E-state index in [0.29, 0.717) is 11.3 Å². The number of halogens is 1. The van der Waals surface area contributed by atoms with Gasteiger partial charge in [-0.05, 0) is 24.1 Å². The number of nitro benzene ring substituents is 1. The van der Waals surface area contributed by atoms with E-state index in [1.165, 1.54) is 18.2 Å². The van der Waals surface area contributed by atoms with Gasteiger partial charge < -0.3 is 5.32 Å². The quantitative estimate of drug-likeness (QED) is 0.524. The van der Waals surface area contributed by atoms with E-state index < -0.39 is 10.8 Å². The van der Waals surface area contributed by atoms with E-state index in [9.17, 15) is 14.9 Å². The smallest absolute Gasteiger partial charge is 0.271 e. The predicted molar refractivity (Wildman–Crippen MR) is 86.7 cm³/mol. The molecular formula is C16H13ClN2O3. The number of carbonyl (C=O) groups excluding carboxylic acids is 1. The van der Waals surface area contributed by atoms with E-state index >= 15 is 0 Å². The second-order valence-corrected chi connectivity index (χ2v) is 5.02. The van der Waals surface area contributed by atoms with Gasteiger partial charge in [-0.1, -0.05) is 48.0 Å². The Kier molecular flexibility index (Phi) is 4.91. The van der Waals surface area contributed by atoms with Crippen LogP contribution in [0.2, 0.25) is 0 Å². The zero-order valence-corrected chi connectivity index (χ0v) is 12.5. The zero-order chi connectivity index (χ0) is 16.1. The molecule has 2 aromatic rings. The number of amides is 1. The van der Waals surface area contributed by atoms with E-state index in [-0.39, 0.29) is 10.7 Å². The average Bonchev–Trinajstić information content (AvgIpc) is 2.50. The maximum atomic E-state index is 12.1. The van der Waals surface area contributed by atoms with Gasteiger partial charge in [-0.25, -0.2) is 0 Å². The molecule has 0 heterocycles. The lowest BCUT2D eigenvalue weighted by Crippen LogP contribution is -2.12. The molecule has 6 heteroatoms. The number of hydrogen-bond donors (Lipinski definition) is 1. The second-order valence-electron chi connectivity index (χ2n) is 4.61. The summed E-state index contributed by atoms with van der Waals surface area (Å²) in [5.41, 5.74) is 1.77. The Balaban J connectivity index is 2.20. The van der Waals surface area contributed by atoms with Crippen LogP contribution in [-0.4, -0.2) is 10.8 Å². The number of nitrogens with zero attached hydrogens (tertiary/aromatic N) is 1. The Morgan fingerprint density at radius 2 is 1.91 bits per heavy atom. The van der Waals surface area contributed by atoms with E-state index in [2.05, 4.69) is 5.32 Å². The van der Waals surface area contributed by atoms with Gasteiger partial charge in [0.15, 0.2) is 0 Å². The van der Waals surface area contributed by atoms with Crippen molar-refractivity contribution in [1.29, 1.82) is 0 Å². The average molecular weight is 317 g/mol. The molecule has 0 aliphatic rings. The van der Waals surface area contributed by atoms with Crippen molar-refractivity contribution in [1.82, 2.24) is 0 Å². The van der Waals surface area contributed by atoms with E-state index in [0.717, 1.165) is 5.56 Å². The summed E-state index contributed by atoms with van der Waals surface area (Å²) >= 11 is 5.99.